The number of hydrogen-bond acceptors (Lipinski definition) is 3. The molecule has 4 nitrogen and oxygen atoms in total. The van der Waals surface area contributed by atoms with Crippen LogP contribution in [-0.4, -0.2) is 18.5 Å². The molecule has 1 aromatic rings. The Morgan fingerprint density at radius 2 is 2.11 bits per heavy atom. The summed E-state index contributed by atoms with van der Waals surface area (Å²) in [5.41, 5.74) is 11.6. The van der Waals surface area contributed by atoms with E-state index in [0.29, 0.717) is 6.42 Å². The summed E-state index contributed by atoms with van der Waals surface area (Å²) >= 11 is 0. The molecule has 1 unspecified atom stereocenters. The summed E-state index contributed by atoms with van der Waals surface area (Å²) in [6, 6.07) is 8.44. The minimum Gasteiger partial charge on any atom is -0.327 e. The van der Waals surface area contributed by atoms with Gasteiger partial charge >= 0.3 is 0 Å². The fourth-order valence-electron chi connectivity index (χ4n) is 2.89. The van der Waals surface area contributed by atoms with E-state index < -0.39 is 0 Å². The number of carbonyl (C=O) groups excluding carboxylic acids is 1. The Hall–Kier alpha value is -1.55. The van der Waals surface area contributed by atoms with E-state index in [0.717, 1.165) is 25.1 Å². The zero-order chi connectivity index (χ0) is 12.8. The van der Waals surface area contributed by atoms with Crippen molar-refractivity contribution in [2.24, 2.45) is 5.73 Å². The summed E-state index contributed by atoms with van der Waals surface area (Å²) in [6.07, 6.45) is 2.85. The average Bonchev–Trinajstić information content (AvgIpc) is 3.07. The Morgan fingerprint density at radius 1 is 1.39 bits per heavy atom. The quantitative estimate of drug-likeness (QED) is 0.844. The number of rotatable bonds is 3. The molecular weight excluding hydrogens is 226 g/mol. The predicted molar refractivity (Wildman–Crippen MR) is 71.1 cm³/mol. The van der Waals surface area contributed by atoms with Gasteiger partial charge < -0.3 is 5.73 Å². The van der Waals surface area contributed by atoms with Gasteiger partial charge in [-0.1, -0.05) is 18.2 Å². The summed E-state index contributed by atoms with van der Waals surface area (Å²) < 4.78 is 0. The second kappa shape index (κ2) is 3.99. The van der Waals surface area contributed by atoms with Crippen molar-refractivity contribution in [2.75, 3.05) is 11.6 Å². The molecule has 0 bridgehead atoms. The predicted octanol–water partition coefficient (Wildman–Crippen LogP) is 1.31. The van der Waals surface area contributed by atoms with Crippen molar-refractivity contribution >= 4 is 11.6 Å². The summed E-state index contributed by atoms with van der Waals surface area (Å²) in [5.74, 6) is 0.0930. The number of para-hydroxylation sites is 1. The van der Waals surface area contributed by atoms with Gasteiger partial charge in [-0.25, -0.2) is 0 Å². The third-order valence-corrected chi connectivity index (χ3v) is 4.21. The van der Waals surface area contributed by atoms with Crippen molar-refractivity contribution in [2.45, 2.75) is 37.6 Å². The van der Waals surface area contributed by atoms with Crippen molar-refractivity contribution in [1.82, 2.24) is 5.43 Å². The van der Waals surface area contributed by atoms with E-state index in [-0.39, 0.29) is 17.4 Å². The lowest BCUT2D eigenvalue weighted by atomic mass is 9.88. The number of nitrogens with one attached hydrogen (secondary N) is 1. The highest BCUT2D eigenvalue weighted by Gasteiger charge is 2.49. The molecule has 4 heteroatoms. The molecule has 1 atom stereocenters. The molecule has 0 radical (unpaired) electrons. The number of nitrogens with zero attached hydrogens (tertiary/aromatic N) is 1. The number of amides is 1. The second-order valence-corrected chi connectivity index (χ2v) is 5.40. The number of hydrazine groups is 1. The molecule has 96 valence electrons. The Kier molecular flexibility index (Phi) is 2.55. The van der Waals surface area contributed by atoms with Crippen LogP contribution in [0.15, 0.2) is 24.3 Å². The van der Waals surface area contributed by atoms with Crippen LogP contribution in [0.1, 0.15) is 31.7 Å². The maximum atomic E-state index is 11.4. The Bertz CT molecular complexity index is 480. The standard InChI is InChI=1S/C14H19N3O/c1-10(15)14(7-8-14)11-4-2-3-5-12(11)17-9-6-13(18)16-17/h2-5,10H,6-9,15H2,1H3,(H,16,18). The lowest BCUT2D eigenvalue weighted by Gasteiger charge is -2.27. The molecule has 1 amide bonds. The molecule has 3 rings (SSSR count). The molecule has 1 aliphatic carbocycles. The number of anilines is 1. The first kappa shape index (κ1) is 11.5. The van der Waals surface area contributed by atoms with Gasteiger partial charge in [0.25, 0.3) is 0 Å². The molecule has 3 N–H and O–H groups in total. The molecule has 0 aromatic heterocycles. The maximum absolute atomic E-state index is 11.4. The lowest BCUT2D eigenvalue weighted by molar-refractivity contribution is -0.119. The van der Waals surface area contributed by atoms with Crippen LogP contribution < -0.4 is 16.2 Å². The van der Waals surface area contributed by atoms with Crippen molar-refractivity contribution in [1.29, 1.82) is 0 Å². The monoisotopic (exact) mass is 245 g/mol. The van der Waals surface area contributed by atoms with Gasteiger partial charge in [-0.2, -0.15) is 0 Å². The topological polar surface area (TPSA) is 58.4 Å². The number of carbonyl (C=O) groups is 1. The van der Waals surface area contributed by atoms with Gasteiger partial charge in [0.15, 0.2) is 0 Å². The highest BCUT2D eigenvalue weighted by atomic mass is 16.2. The third-order valence-electron chi connectivity index (χ3n) is 4.21. The molecule has 1 aromatic carbocycles. The zero-order valence-corrected chi connectivity index (χ0v) is 10.6. The van der Waals surface area contributed by atoms with Crippen molar-refractivity contribution in [3.63, 3.8) is 0 Å². The molecule has 1 saturated carbocycles. The van der Waals surface area contributed by atoms with Crippen LogP contribution in [0.3, 0.4) is 0 Å². The van der Waals surface area contributed by atoms with E-state index >= 15 is 0 Å². The van der Waals surface area contributed by atoms with Crippen LogP contribution in [0.5, 0.6) is 0 Å². The first-order valence-corrected chi connectivity index (χ1v) is 6.55. The van der Waals surface area contributed by atoms with Gasteiger partial charge in [0, 0.05) is 24.4 Å². The smallest absolute Gasteiger partial charge is 0.240 e. The van der Waals surface area contributed by atoms with Crippen LogP contribution in [0.4, 0.5) is 5.69 Å². The van der Waals surface area contributed by atoms with Crippen LogP contribution in [0, 0.1) is 0 Å². The SMILES string of the molecule is CC(N)C1(c2ccccc2N2CCC(=O)N2)CC1. The highest BCUT2D eigenvalue weighted by Crippen LogP contribution is 2.53. The number of nitrogens with two attached hydrogens (primary N) is 1. The van der Waals surface area contributed by atoms with Crippen molar-refractivity contribution in [3.8, 4) is 0 Å². The average molecular weight is 245 g/mol. The summed E-state index contributed by atoms with van der Waals surface area (Å²) in [4.78, 5) is 11.4. The normalized spacial score (nSPS) is 22.8. The lowest BCUT2D eigenvalue weighted by Crippen LogP contribution is -2.37. The maximum Gasteiger partial charge on any atom is 0.240 e. The van der Waals surface area contributed by atoms with Crippen molar-refractivity contribution in [3.05, 3.63) is 29.8 Å². The first-order chi connectivity index (χ1) is 8.63. The van der Waals surface area contributed by atoms with E-state index in [1.54, 1.807) is 0 Å². The van der Waals surface area contributed by atoms with Gasteiger partial charge in [0.05, 0.1) is 5.69 Å². The fraction of sp³-hybridized carbons (Fsp3) is 0.500. The molecule has 18 heavy (non-hydrogen) atoms. The fourth-order valence-corrected chi connectivity index (χ4v) is 2.89. The Balaban J connectivity index is 1.98. The van der Waals surface area contributed by atoms with E-state index in [2.05, 4.69) is 30.5 Å². The van der Waals surface area contributed by atoms with Gasteiger partial charge in [-0.3, -0.25) is 15.2 Å². The Morgan fingerprint density at radius 3 is 2.67 bits per heavy atom. The first-order valence-electron chi connectivity index (χ1n) is 6.55. The van der Waals surface area contributed by atoms with E-state index in [4.69, 9.17) is 5.73 Å². The largest absolute Gasteiger partial charge is 0.327 e. The van der Waals surface area contributed by atoms with Crippen LogP contribution in [-0.2, 0) is 10.2 Å². The minimum atomic E-state index is 0.0930. The summed E-state index contributed by atoms with van der Waals surface area (Å²) in [7, 11) is 0. The summed E-state index contributed by atoms with van der Waals surface area (Å²) in [6.45, 7) is 2.82. The van der Waals surface area contributed by atoms with Crippen LogP contribution in [0.25, 0.3) is 0 Å². The van der Waals surface area contributed by atoms with E-state index in [1.165, 1.54) is 5.56 Å². The van der Waals surface area contributed by atoms with Crippen LogP contribution in [0.2, 0.25) is 0 Å². The van der Waals surface area contributed by atoms with Crippen molar-refractivity contribution < 1.29 is 4.79 Å². The third kappa shape index (κ3) is 1.68. The number of hydrogen-bond donors (Lipinski definition) is 2. The highest BCUT2D eigenvalue weighted by molar-refractivity contribution is 5.82. The minimum absolute atomic E-state index is 0.0930. The van der Waals surface area contributed by atoms with Gasteiger partial charge in [0.2, 0.25) is 5.91 Å². The van der Waals surface area contributed by atoms with E-state index in [1.807, 2.05) is 11.1 Å². The molecule has 2 fully saturated rings. The second-order valence-electron chi connectivity index (χ2n) is 5.40. The molecule has 1 aliphatic heterocycles. The van der Waals surface area contributed by atoms with Crippen LogP contribution >= 0.6 is 0 Å². The number of benzene rings is 1. The molecular formula is C14H19N3O. The summed E-state index contributed by atoms with van der Waals surface area (Å²) in [5, 5.41) is 1.96. The molecule has 0 spiro atoms. The molecule has 2 aliphatic rings. The molecule has 1 heterocycles. The zero-order valence-electron chi connectivity index (χ0n) is 10.6. The van der Waals surface area contributed by atoms with Gasteiger partial charge in [-0.15, -0.1) is 0 Å². The molecule has 1 saturated heterocycles. The van der Waals surface area contributed by atoms with Gasteiger partial charge in [-0.05, 0) is 31.4 Å². The van der Waals surface area contributed by atoms with E-state index in [9.17, 15) is 4.79 Å². The van der Waals surface area contributed by atoms with Gasteiger partial charge in [0.1, 0.15) is 0 Å². The Labute approximate surface area is 107 Å².